The predicted octanol–water partition coefficient (Wildman–Crippen LogP) is 4.71. The van der Waals surface area contributed by atoms with Gasteiger partial charge in [0.15, 0.2) is 0 Å². The molecule has 0 fully saturated rings. The van der Waals surface area contributed by atoms with E-state index in [2.05, 4.69) is 5.32 Å². The van der Waals surface area contributed by atoms with Crippen LogP contribution in [0.2, 0.25) is 10.0 Å². The van der Waals surface area contributed by atoms with Gasteiger partial charge in [-0.2, -0.15) is 0 Å². The van der Waals surface area contributed by atoms with Crippen LogP contribution in [0.15, 0.2) is 42.5 Å². The number of rotatable bonds is 5. The van der Waals surface area contributed by atoms with Crippen molar-refractivity contribution in [1.82, 2.24) is 5.32 Å². The van der Waals surface area contributed by atoms with Crippen LogP contribution in [0, 0.1) is 0 Å². The fourth-order valence-electron chi connectivity index (χ4n) is 1.76. The zero-order valence-corrected chi connectivity index (χ0v) is 13.4. The quantitative estimate of drug-likeness (QED) is 0.856. The zero-order valence-electron chi connectivity index (χ0n) is 11.0. The minimum absolute atomic E-state index is 0. The van der Waals surface area contributed by atoms with Crippen molar-refractivity contribution in [3.05, 3.63) is 63.6 Å². The van der Waals surface area contributed by atoms with Crippen molar-refractivity contribution < 1.29 is 4.74 Å². The van der Waals surface area contributed by atoms with Gasteiger partial charge in [0, 0.05) is 22.2 Å². The standard InChI is InChI=1S/C15H15Cl2NO.ClH/c1-18-9-12-8-14(17)6-7-15(12)19-10-11-2-4-13(16)5-3-11;/h2-8,18H,9-10H2,1H3;1H. The average molecular weight is 333 g/mol. The Kier molecular flexibility index (Phi) is 7.17. The molecule has 0 saturated carbocycles. The van der Waals surface area contributed by atoms with Crippen LogP contribution in [-0.2, 0) is 13.2 Å². The van der Waals surface area contributed by atoms with Gasteiger partial charge in [-0.15, -0.1) is 12.4 Å². The van der Waals surface area contributed by atoms with Gasteiger partial charge in [0.1, 0.15) is 12.4 Å². The lowest BCUT2D eigenvalue weighted by Gasteiger charge is -2.12. The molecule has 2 aromatic carbocycles. The number of hydrogen-bond donors (Lipinski definition) is 1. The van der Waals surface area contributed by atoms with E-state index in [0.29, 0.717) is 11.6 Å². The number of ether oxygens (including phenoxy) is 1. The Labute approximate surface area is 135 Å². The Bertz CT molecular complexity index is 543. The van der Waals surface area contributed by atoms with Crippen molar-refractivity contribution in [3.8, 4) is 5.75 Å². The molecule has 0 saturated heterocycles. The minimum Gasteiger partial charge on any atom is -0.489 e. The van der Waals surface area contributed by atoms with Crippen LogP contribution in [0.25, 0.3) is 0 Å². The van der Waals surface area contributed by atoms with Gasteiger partial charge in [-0.1, -0.05) is 35.3 Å². The van der Waals surface area contributed by atoms with Crippen LogP contribution < -0.4 is 10.1 Å². The lowest BCUT2D eigenvalue weighted by atomic mass is 10.2. The number of hydrogen-bond acceptors (Lipinski definition) is 2. The van der Waals surface area contributed by atoms with E-state index < -0.39 is 0 Å². The Hall–Kier alpha value is -0.930. The second-order valence-electron chi connectivity index (χ2n) is 4.20. The van der Waals surface area contributed by atoms with Gasteiger partial charge >= 0.3 is 0 Å². The number of nitrogens with one attached hydrogen (secondary N) is 1. The highest BCUT2D eigenvalue weighted by molar-refractivity contribution is 6.30. The van der Waals surface area contributed by atoms with E-state index in [-0.39, 0.29) is 12.4 Å². The Morgan fingerprint density at radius 1 is 1.00 bits per heavy atom. The fourth-order valence-corrected chi connectivity index (χ4v) is 2.08. The molecular weight excluding hydrogens is 317 g/mol. The second kappa shape index (κ2) is 8.38. The highest BCUT2D eigenvalue weighted by atomic mass is 35.5. The smallest absolute Gasteiger partial charge is 0.124 e. The number of halogens is 3. The first-order chi connectivity index (χ1) is 9.19. The lowest BCUT2D eigenvalue weighted by Crippen LogP contribution is -2.07. The van der Waals surface area contributed by atoms with Crippen molar-refractivity contribution in [2.24, 2.45) is 0 Å². The summed E-state index contributed by atoms with van der Waals surface area (Å²) in [5.41, 5.74) is 2.12. The van der Waals surface area contributed by atoms with E-state index in [1.807, 2.05) is 49.5 Å². The minimum atomic E-state index is 0. The van der Waals surface area contributed by atoms with Gasteiger partial charge in [0.05, 0.1) is 0 Å². The van der Waals surface area contributed by atoms with Gasteiger partial charge in [0.25, 0.3) is 0 Å². The molecule has 2 nitrogen and oxygen atoms in total. The van der Waals surface area contributed by atoms with Crippen molar-refractivity contribution in [1.29, 1.82) is 0 Å². The Morgan fingerprint density at radius 2 is 1.65 bits per heavy atom. The summed E-state index contributed by atoms with van der Waals surface area (Å²) in [6, 6.07) is 13.3. The molecule has 0 heterocycles. The first kappa shape index (κ1) is 17.1. The predicted molar refractivity (Wildman–Crippen MR) is 87.2 cm³/mol. The zero-order chi connectivity index (χ0) is 13.7. The first-order valence-electron chi connectivity index (χ1n) is 5.99. The molecule has 1 N–H and O–H groups in total. The van der Waals surface area contributed by atoms with Crippen LogP contribution in [0.1, 0.15) is 11.1 Å². The van der Waals surface area contributed by atoms with E-state index >= 15 is 0 Å². The van der Waals surface area contributed by atoms with E-state index in [4.69, 9.17) is 27.9 Å². The molecule has 0 aromatic heterocycles. The molecule has 0 aliphatic carbocycles. The molecule has 0 aliphatic heterocycles. The van der Waals surface area contributed by atoms with Crippen LogP contribution in [0.5, 0.6) is 5.75 Å². The van der Waals surface area contributed by atoms with Crippen molar-refractivity contribution in [3.63, 3.8) is 0 Å². The number of benzene rings is 2. The maximum absolute atomic E-state index is 5.99. The van der Waals surface area contributed by atoms with Crippen molar-refractivity contribution in [2.45, 2.75) is 13.2 Å². The summed E-state index contributed by atoms with van der Waals surface area (Å²) < 4.78 is 5.83. The van der Waals surface area contributed by atoms with Crippen LogP contribution in [0.3, 0.4) is 0 Å². The van der Waals surface area contributed by atoms with Crippen molar-refractivity contribution in [2.75, 3.05) is 7.05 Å². The molecular formula is C15H16Cl3NO. The summed E-state index contributed by atoms with van der Waals surface area (Å²) in [6.45, 7) is 1.23. The second-order valence-corrected chi connectivity index (χ2v) is 5.07. The van der Waals surface area contributed by atoms with E-state index in [1.54, 1.807) is 0 Å². The Morgan fingerprint density at radius 3 is 2.30 bits per heavy atom. The molecule has 0 atom stereocenters. The van der Waals surface area contributed by atoms with Crippen LogP contribution >= 0.6 is 35.6 Å². The molecule has 2 rings (SSSR count). The monoisotopic (exact) mass is 331 g/mol. The third-order valence-corrected chi connectivity index (χ3v) is 3.18. The van der Waals surface area contributed by atoms with Gasteiger partial charge < -0.3 is 10.1 Å². The van der Waals surface area contributed by atoms with Crippen LogP contribution in [-0.4, -0.2) is 7.05 Å². The van der Waals surface area contributed by atoms with Gasteiger partial charge in [0.2, 0.25) is 0 Å². The van der Waals surface area contributed by atoms with Gasteiger partial charge in [-0.25, -0.2) is 0 Å². The topological polar surface area (TPSA) is 21.3 Å². The highest BCUT2D eigenvalue weighted by Gasteiger charge is 2.04. The molecule has 5 heteroatoms. The van der Waals surface area contributed by atoms with Gasteiger partial charge in [-0.05, 0) is 42.9 Å². The summed E-state index contributed by atoms with van der Waals surface area (Å²) >= 11 is 11.8. The highest BCUT2D eigenvalue weighted by Crippen LogP contribution is 2.24. The van der Waals surface area contributed by atoms with E-state index in [9.17, 15) is 0 Å². The fraction of sp³-hybridized carbons (Fsp3) is 0.200. The lowest BCUT2D eigenvalue weighted by molar-refractivity contribution is 0.302. The Balaban J connectivity index is 0.00000200. The maximum atomic E-state index is 5.99. The molecule has 108 valence electrons. The SMILES string of the molecule is CNCc1cc(Cl)ccc1OCc1ccc(Cl)cc1.Cl. The molecule has 0 aliphatic rings. The molecule has 0 amide bonds. The average Bonchev–Trinajstić information content (AvgIpc) is 2.40. The maximum Gasteiger partial charge on any atom is 0.124 e. The third kappa shape index (κ3) is 4.88. The van der Waals surface area contributed by atoms with Crippen molar-refractivity contribution >= 4 is 35.6 Å². The van der Waals surface area contributed by atoms with Crippen LogP contribution in [0.4, 0.5) is 0 Å². The molecule has 0 unspecified atom stereocenters. The normalized spacial score (nSPS) is 9.95. The molecule has 0 bridgehead atoms. The molecule has 0 radical (unpaired) electrons. The third-order valence-electron chi connectivity index (χ3n) is 2.70. The molecule has 0 spiro atoms. The summed E-state index contributed by atoms with van der Waals surface area (Å²) in [7, 11) is 1.89. The summed E-state index contributed by atoms with van der Waals surface area (Å²) in [6.07, 6.45) is 0. The molecule has 20 heavy (non-hydrogen) atoms. The van der Waals surface area contributed by atoms with Gasteiger partial charge in [-0.3, -0.25) is 0 Å². The summed E-state index contributed by atoms with van der Waals surface area (Å²) in [4.78, 5) is 0. The summed E-state index contributed by atoms with van der Waals surface area (Å²) in [5.74, 6) is 0.841. The van der Waals surface area contributed by atoms with E-state index in [1.165, 1.54) is 0 Å². The largest absolute Gasteiger partial charge is 0.489 e. The summed E-state index contributed by atoms with van der Waals surface area (Å²) in [5, 5.41) is 4.54. The molecule has 2 aromatic rings. The first-order valence-corrected chi connectivity index (χ1v) is 6.75. The van der Waals surface area contributed by atoms with E-state index in [0.717, 1.165) is 28.4 Å².